The molecule has 1 aromatic heterocycles. The van der Waals surface area contributed by atoms with Crippen LogP contribution in [-0.2, 0) is 11.0 Å². The molecule has 4 nitrogen and oxygen atoms in total. The molecule has 0 bridgehead atoms. The molecule has 1 fully saturated rings. The van der Waals surface area contributed by atoms with Gasteiger partial charge >= 0.3 is 12.1 Å². The molecule has 2 rings (SSSR count). The molecule has 0 spiro atoms. The Morgan fingerprint density at radius 1 is 1.52 bits per heavy atom. The van der Waals surface area contributed by atoms with Crippen LogP contribution in [-0.4, -0.2) is 28.6 Å². The summed E-state index contributed by atoms with van der Waals surface area (Å²) in [6.45, 7) is 2.23. The molecule has 1 saturated heterocycles. The Hall–Kier alpha value is -1.79. The van der Waals surface area contributed by atoms with E-state index in [1.165, 1.54) is 17.2 Å². The van der Waals surface area contributed by atoms with Gasteiger partial charge in [0.05, 0.1) is 5.56 Å². The first kappa shape index (κ1) is 15.6. The highest BCUT2D eigenvalue weighted by molar-refractivity contribution is 5.78. The Morgan fingerprint density at radius 3 is 2.81 bits per heavy atom. The van der Waals surface area contributed by atoms with Gasteiger partial charge in [-0.1, -0.05) is 13.3 Å². The molecular weight excluding hydrogens is 285 g/mol. The van der Waals surface area contributed by atoms with Crippen LogP contribution in [0.5, 0.6) is 0 Å². The van der Waals surface area contributed by atoms with Crippen molar-refractivity contribution in [3.63, 3.8) is 0 Å². The molecule has 21 heavy (non-hydrogen) atoms. The second kappa shape index (κ2) is 5.91. The van der Waals surface area contributed by atoms with Gasteiger partial charge in [0.15, 0.2) is 0 Å². The number of aromatic nitrogens is 1. The van der Waals surface area contributed by atoms with E-state index in [0.717, 1.165) is 12.5 Å². The molecule has 116 valence electrons. The first-order valence-electron chi connectivity index (χ1n) is 6.86. The van der Waals surface area contributed by atoms with Crippen molar-refractivity contribution in [1.29, 1.82) is 0 Å². The van der Waals surface area contributed by atoms with Gasteiger partial charge < -0.3 is 10.0 Å². The second-order valence-electron chi connectivity index (χ2n) is 5.22. The summed E-state index contributed by atoms with van der Waals surface area (Å²) in [6.07, 6.45) is -1.44. The first-order chi connectivity index (χ1) is 9.84. The third-order valence-corrected chi connectivity index (χ3v) is 3.94. The van der Waals surface area contributed by atoms with Crippen molar-refractivity contribution in [1.82, 2.24) is 4.98 Å². The molecule has 0 aromatic carbocycles. The van der Waals surface area contributed by atoms with Crippen molar-refractivity contribution in [2.75, 3.05) is 11.4 Å². The van der Waals surface area contributed by atoms with Crippen molar-refractivity contribution < 1.29 is 23.1 Å². The highest BCUT2D eigenvalue weighted by Crippen LogP contribution is 2.38. The van der Waals surface area contributed by atoms with Crippen molar-refractivity contribution >= 4 is 11.8 Å². The number of piperidine rings is 1. The minimum atomic E-state index is -4.55. The predicted octanol–water partition coefficient (Wildman–Crippen LogP) is 3.18. The molecule has 1 aliphatic heterocycles. The molecule has 2 unspecified atom stereocenters. The molecule has 2 atom stereocenters. The summed E-state index contributed by atoms with van der Waals surface area (Å²) >= 11 is 0. The van der Waals surface area contributed by atoms with Crippen LogP contribution in [0.4, 0.5) is 19.0 Å². The number of rotatable bonds is 3. The molecule has 0 aliphatic carbocycles. The predicted molar refractivity (Wildman–Crippen MR) is 71.0 cm³/mol. The van der Waals surface area contributed by atoms with Gasteiger partial charge in [0.25, 0.3) is 0 Å². The normalized spacial score (nSPS) is 23.1. The average Bonchev–Trinajstić information content (AvgIpc) is 2.45. The monoisotopic (exact) mass is 302 g/mol. The molecule has 0 amide bonds. The maximum Gasteiger partial charge on any atom is 0.419 e. The summed E-state index contributed by atoms with van der Waals surface area (Å²) in [7, 11) is 0. The SMILES string of the molecule is CCC1CCN(c2ncccc2C(F)(F)F)C(C(=O)O)C1. The number of carbonyl (C=O) groups is 1. The molecule has 0 radical (unpaired) electrons. The number of anilines is 1. The third kappa shape index (κ3) is 3.28. The molecule has 1 aromatic rings. The molecule has 0 saturated carbocycles. The maximum atomic E-state index is 13.1. The van der Waals surface area contributed by atoms with Gasteiger partial charge in [-0.3, -0.25) is 0 Å². The van der Waals surface area contributed by atoms with Crippen LogP contribution < -0.4 is 4.90 Å². The van der Waals surface area contributed by atoms with Crippen LogP contribution in [0.15, 0.2) is 18.3 Å². The van der Waals surface area contributed by atoms with Gasteiger partial charge in [0.1, 0.15) is 11.9 Å². The number of nitrogens with zero attached hydrogens (tertiary/aromatic N) is 2. The van der Waals surface area contributed by atoms with Gasteiger partial charge in [-0.05, 0) is 30.9 Å². The fourth-order valence-electron chi connectivity index (χ4n) is 2.74. The van der Waals surface area contributed by atoms with Crippen LogP contribution in [0, 0.1) is 5.92 Å². The van der Waals surface area contributed by atoms with Crippen molar-refractivity contribution in [3.05, 3.63) is 23.9 Å². The molecule has 7 heteroatoms. The van der Waals surface area contributed by atoms with Crippen molar-refractivity contribution in [3.8, 4) is 0 Å². The van der Waals surface area contributed by atoms with E-state index in [2.05, 4.69) is 4.98 Å². The Balaban J connectivity index is 2.38. The first-order valence-corrected chi connectivity index (χ1v) is 6.86. The van der Waals surface area contributed by atoms with E-state index in [1.807, 2.05) is 6.92 Å². The molecular formula is C14H17F3N2O2. The summed E-state index contributed by atoms with van der Waals surface area (Å²) in [4.78, 5) is 16.5. The Bertz CT molecular complexity index is 519. The number of alkyl halides is 3. The van der Waals surface area contributed by atoms with Crippen molar-refractivity contribution in [2.45, 2.75) is 38.4 Å². The second-order valence-corrected chi connectivity index (χ2v) is 5.22. The minimum absolute atomic E-state index is 0.223. The summed E-state index contributed by atoms with van der Waals surface area (Å²) in [5.41, 5.74) is -0.883. The molecule has 1 N–H and O–H groups in total. The number of hydrogen-bond acceptors (Lipinski definition) is 3. The highest BCUT2D eigenvalue weighted by Gasteiger charge is 2.40. The van der Waals surface area contributed by atoms with Gasteiger partial charge in [-0.15, -0.1) is 0 Å². The smallest absolute Gasteiger partial charge is 0.419 e. The summed E-state index contributed by atoms with van der Waals surface area (Å²) in [6, 6.07) is 1.19. The maximum absolute atomic E-state index is 13.1. The lowest BCUT2D eigenvalue weighted by Crippen LogP contribution is -2.48. The zero-order valence-electron chi connectivity index (χ0n) is 11.6. The van der Waals surface area contributed by atoms with Crippen LogP contribution >= 0.6 is 0 Å². The quantitative estimate of drug-likeness (QED) is 0.931. The van der Waals surface area contributed by atoms with E-state index in [1.54, 1.807) is 0 Å². The zero-order chi connectivity index (χ0) is 15.6. The third-order valence-electron chi connectivity index (χ3n) is 3.94. The minimum Gasteiger partial charge on any atom is -0.480 e. The Kier molecular flexibility index (Phi) is 4.39. The molecule has 1 aliphatic rings. The van der Waals surface area contributed by atoms with Crippen LogP contribution in [0.3, 0.4) is 0 Å². The van der Waals surface area contributed by atoms with E-state index < -0.39 is 23.8 Å². The number of hydrogen-bond donors (Lipinski definition) is 1. The van der Waals surface area contributed by atoms with E-state index in [9.17, 15) is 23.1 Å². The lowest BCUT2D eigenvalue weighted by molar-refractivity contribution is -0.141. The average molecular weight is 302 g/mol. The number of carboxylic acid groups (broad SMARTS) is 1. The van der Waals surface area contributed by atoms with Gasteiger partial charge in [-0.25, -0.2) is 9.78 Å². The summed E-state index contributed by atoms with van der Waals surface area (Å²) in [5.74, 6) is -1.17. The van der Waals surface area contributed by atoms with Crippen LogP contribution in [0.2, 0.25) is 0 Å². The standard InChI is InChI=1S/C14H17F3N2O2/c1-2-9-5-7-19(11(8-9)13(20)21)12-10(14(15,16)17)4-3-6-18-12/h3-4,6,9,11H,2,5,7-8H2,1H3,(H,20,21). The van der Waals surface area contributed by atoms with Crippen LogP contribution in [0.1, 0.15) is 31.7 Å². The van der Waals surface area contributed by atoms with Crippen molar-refractivity contribution in [2.24, 2.45) is 5.92 Å². The number of carboxylic acids is 1. The Morgan fingerprint density at radius 2 is 2.24 bits per heavy atom. The van der Waals surface area contributed by atoms with Gasteiger partial charge in [0.2, 0.25) is 0 Å². The lowest BCUT2D eigenvalue weighted by Gasteiger charge is -2.38. The lowest BCUT2D eigenvalue weighted by atomic mass is 9.88. The van der Waals surface area contributed by atoms with Gasteiger partial charge in [0, 0.05) is 12.7 Å². The summed E-state index contributed by atoms with van der Waals surface area (Å²) in [5, 5.41) is 9.33. The molecule has 2 heterocycles. The van der Waals surface area contributed by atoms with Gasteiger partial charge in [-0.2, -0.15) is 13.2 Å². The highest BCUT2D eigenvalue weighted by atomic mass is 19.4. The summed E-state index contributed by atoms with van der Waals surface area (Å²) < 4.78 is 39.2. The largest absolute Gasteiger partial charge is 0.480 e. The van der Waals surface area contributed by atoms with E-state index in [-0.39, 0.29) is 18.3 Å². The topological polar surface area (TPSA) is 53.4 Å². The van der Waals surface area contributed by atoms with E-state index in [4.69, 9.17) is 0 Å². The van der Waals surface area contributed by atoms with Crippen LogP contribution in [0.25, 0.3) is 0 Å². The Labute approximate surface area is 120 Å². The number of halogens is 3. The fraction of sp³-hybridized carbons (Fsp3) is 0.571. The van der Waals surface area contributed by atoms with E-state index >= 15 is 0 Å². The number of aliphatic carboxylic acids is 1. The zero-order valence-corrected chi connectivity index (χ0v) is 11.6. The number of pyridine rings is 1. The van der Waals surface area contributed by atoms with E-state index in [0.29, 0.717) is 12.8 Å². The fourth-order valence-corrected chi connectivity index (χ4v) is 2.74.